The Balaban J connectivity index is 3.93. The van der Waals surface area contributed by atoms with Gasteiger partial charge in [-0.1, -0.05) is 25.8 Å². The van der Waals surface area contributed by atoms with Gasteiger partial charge in [-0.2, -0.15) is 0 Å². The lowest BCUT2D eigenvalue weighted by Gasteiger charge is -2.24. The molecule has 0 aliphatic heterocycles. The van der Waals surface area contributed by atoms with Crippen LogP contribution in [0.3, 0.4) is 0 Å². The smallest absolute Gasteiger partial charge is 0.306 e. The molecule has 1 unspecified atom stereocenters. The van der Waals surface area contributed by atoms with Gasteiger partial charge in [-0.3, -0.25) is 4.79 Å². The van der Waals surface area contributed by atoms with E-state index in [2.05, 4.69) is 9.93 Å². The second kappa shape index (κ2) is 5.16. The molecule has 2 N–H and O–H groups in total. The Morgan fingerprint density at radius 1 is 1.54 bits per heavy atom. The van der Waals surface area contributed by atoms with Crippen molar-refractivity contribution in [3.8, 4) is 0 Å². The summed E-state index contributed by atoms with van der Waals surface area (Å²) in [6.45, 7) is 5.46. The summed E-state index contributed by atoms with van der Waals surface area (Å²) in [5, 5.41) is 20.1. The van der Waals surface area contributed by atoms with E-state index in [1.54, 1.807) is 6.92 Å². The first-order valence-electron chi connectivity index (χ1n) is 4.05. The maximum absolute atomic E-state index is 10.5. The van der Waals surface area contributed by atoms with Crippen molar-refractivity contribution in [1.29, 1.82) is 0 Å². The molecule has 0 rings (SSSR count). The van der Waals surface area contributed by atoms with E-state index in [0.717, 1.165) is 0 Å². The maximum Gasteiger partial charge on any atom is 0.306 e. The Hall–Kier alpha value is -0.650. The lowest BCUT2D eigenvalue weighted by molar-refractivity contribution is -0.496. The maximum atomic E-state index is 10.5. The van der Waals surface area contributed by atoms with E-state index in [1.807, 2.05) is 13.8 Å². The number of carboxylic acids is 1. The molecule has 0 amide bonds. The Labute approximate surface area is 77.1 Å². The number of rotatable bonds is 6. The highest BCUT2D eigenvalue weighted by Crippen LogP contribution is 2.25. The highest BCUT2D eigenvalue weighted by molar-refractivity contribution is 5.69. The van der Waals surface area contributed by atoms with Gasteiger partial charge in [-0.05, 0) is 11.8 Å². The third kappa shape index (κ3) is 5.57. The summed E-state index contributed by atoms with van der Waals surface area (Å²) in [5.74, 6) is -1.27. The summed E-state index contributed by atoms with van der Waals surface area (Å²) in [7, 11) is 0. The van der Waals surface area contributed by atoms with Crippen LogP contribution >= 0.6 is 0 Å². The van der Waals surface area contributed by atoms with Crippen LogP contribution < -0.4 is 0 Å². The molecule has 1 atom stereocenters. The van der Waals surface area contributed by atoms with E-state index >= 15 is 0 Å². The van der Waals surface area contributed by atoms with Gasteiger partial charge in [0, 0.05) is 0 Å². The molecule has 0 radical (unpaired) electrons. The molecule has 0 bridgehead atoms. The van der Waals surface area contributed by atoms with Crippen molar-refractivity contribution < 1.29 is 25.1 Å². The normalized spacial score (nSPS) is 14.2. The van der Waals surface area contributed by atoms with Crippen molar-refractivity contribution in [3.63, 3.8) is 0 Å². The highest BCUT2D eigenvalue weighted by atomic mass is 17.5. The van der Waals surface area contributed by atoms with Gasteiger partial charge in [-0.15, -0.1) is 0 Å². The van der Waals surface area contributed by atoms with Gasteiger partial charge < -0.3 is 5.11 Å². The first-order valence-corrected chi connectivity index (χ1v) is 4.05. The first-order chi connectivity index (χ1) is 5.89. The van der Waals surface area contributed by atoms with Crippen LogP contribution in [0.1, 0.15) is 27.2 Å². The van der Waals surface area contributed by atoms with Crippen molar-refractivity contribution in [2.75, 3.05) is 6.61 Å². The van der Waals surface area contributed by atoms with Gasteiger partial charge in [0.05, 0.1) is 12.5 Å². The number of carboxylic acid groups (broad SMARTS) is 1. The largest absolute Gasteiger partial charge is 0.481 e. The molecule has 0 saturated carbocycles. The average molecular weight is 192 g/mol. The molecule has 0 aromatic carbocycles. The fourth-order valence-electron chi connectivity index (χ4n) is 1.16. The highest BCUT2D eigenvalue weighted by Gasteiger charge is 2.25. The third-order valence-electron chi connectivity index (χ3n) is 1.78. The Bertz CT molecular complexity index is 166. The SMILES string of the molecule is CC(CC(C)(C)COOO)C(=O)O. The fraction of sp³-hybridized carbons (Fsp3) is 0.875. The fourth-order valence-corrected chi connectivity index (χ4v) is 1.16. The quantitative estimate of drug-likeness (QED) is 0.493. The van der Waals surface area contributed by atoms with Gasteiger partial charge in [0.25, 0.3) is 0 Å². The van der Waals surface area contributed by atoms with Crippen molar-refractivity contribution in [2.45, 2.75) is 27.2 Å². The van der Waals surface area contributed by atoms with Crippen LogP contribution in [-0.2, 0) is 14.7 Å². The Morgan fingerprint density at radius 2 is 2.08 bits per heavy atom. The third-order valence-corrected chi connectivity index (χ3v) is 1.78. The molecule has 5 nitrogen and oxygen atoms in total. The molecule has 0 fully saturated rings. The van der Waals surface area contributed by atoms with E-state index in [-0.39, 0.29) is 12.0 Å². The Kier molecular flexibility index (Phi) is 4.90. The predicted molar refractivity (Wildman–Crippen MR) is 44.9 cm³/mol. The van der Waals surface area contributed by atoms with E-state index in [0.29, 0.717) is 6.42 Å². The molecule has 0 saturated heterocycles. The van der Waals surface area contributed by atoms with Gasteiger partial charge >= 0.3 is 5.97 Å². The molecule has 0 aliphatic carbocycles. The van der Waals surface area contributed by atoms with Crippen LogP contribution in [0.4, 0.5) is 0 Å². The lowest BCUT2D eigenvalue weighted by Crippen LogP contribution is -2.25. The van der Waals surface area contributed by atoms with E-state index in [1.165, 1.54) is 0 Å². The summed E-state index contributed by atoms with van der Waals surface area (Å²) in [5.41, 5.74) is -0.333. The minimum atomic E-state index is -0.835. The topological polar surface area (TPSA) is 76.0 Å². The predicted octanol–water partition coefficient (Wildman–Crippen LogP) is 1.54. The van der Waals surface area contributed by atoms with E-state index in [9.17, 15) is 4.79 Å². The number of hydrogen-bond donors (Lipinski definition) is 2. The van der Waals surface area contributed by atoms with E-state index < -0.39 is 11.9 Å². The van der Waals surface area contributed by atoms with Crippen LogP contribution in [-0.4, -0.2) is 22.9 Å². The number of hydrogen-bond acceptors (Lipinski definition) is 4. The summed E-state index contributed by atoms with van der Waals surface area (Å²) < 4.78 is 0. The van der Waals surface area contributed by atoms with Crippen LogP contribution in [0.5, 0.6) is 0 Å². The molecule has 0 aromatic heterocycles. The van der Waals surface area contributed by atoms with Crippen LogP contribution in [0, 0.1) is 11.3 Å². The molecular formula is C8H16O5. The minimum Gasteiger partial charge on any atom is -0.481 e. The second-order valence-corrected chi connectivity index (χ2v) is 3.94. The molecule has 0 aliphatic rings. The van der Waals surface area contributed by atoms with Crippen molar-refractivity contribution in [2.24, 2.45) is 11.3 Å². The number of aliphatic carboxylic acids is 1. The summed E-state index contributed by atoms with van der Waals surface area (Å²) in [6, 6.07) is 0. The molecular weight excluding hydrogens is 176 g/mol. The summed E-state index contributed by atoms with van der Waals surface area (Å²) in [4.78, 5) is 14.9. The van der Waals surface area contributed by atoms with Crippen LogP contribution in [0.25, 0.3) is 0 Å². The zero-order chi connectivity index (χ0) is 10.5. The number of carbonyl (C=O) groups is 1. The molecule has 0 spiro atoms. The van der Waals surface area contributed by atoms with Gasteiger partial charge in [0.2, 0.25) is 0 Å². The van der Waals surface area contributed by atoms with Gasteiger partial charge in [-0.25, -0.2) is 10.1 Å². The zero-order valence-electron chi connectivity index (χ0n) is 8.11. The van der Waals surface area contributed by atoms with Gasteiger partial charge in [0.1, 0.15) is 0 Å². The minimum absolute atomic E-state index is 0.154. The van der Waals surface area contributed by atoms with Gasteiger partial charge in [0.15, 0.2) is 0 Å². The molecule has 5 heteroatoms. The van der Waals surface area contributed by atoms with Crippen molar-refractivity contribution in [1.82, 2.24) is 0 Å². The standard InChI is InChI=1S/C8H16O5/c1-6(7(9)10)4-8(2,3)5-12-13-11/h6,11H,4-5H2,1-3H3,(H,9,10). The lowest BCUT2D eigenvalue weighted by atomic mass is 9.84. The van der Waals surface area contributed by atoms with Crippen LogP contribution in [0.2, 0.25) is 0 Å². The second-order valence-electron chi connectivity index (χ2n) is 3.94. The monoisotopic (exact) mass is 192 g/mol. The Morgan fingerprint density at radius 3 is 2.46 bits per heavy atom. The summed E-state index contributed by atoms with van der Waals surface area (Å²) in [6.07, 6.45) is 0.464. The average Bonchev–Trinajstić information content (AvgIpc) is 2.00. The molecule has 13 heavy (non-hydrogen) atoms. The zero-order valence-corrected chi connectivity index (χ0v) is 8.11. The van der Waals surface area contributed by atoms with Crippen molar-refractivity contribution >= 4 is 5.97 Å². The van der Waals surface area contributed by atoms with Crippen LogP contribution in [0.15, 0.2) is 0 Å². The van der Waals surface area contributed by atoms with E-state index in [4.69, 9.17) is 10.4 Å². The molecule has 0 aromatic rings. The summed E-state index contributed by atoms with van der Waals surface area (Å²) >= 11 is 0. The van der Waals surface area contributed by atoms with Crippen molar-refractivity contribution in [3.05, 3.63) is 0 Å². The molecule has 78 valence electrons. The molecule has 0 heterocycles. The first kappa shape index (κ1) is 12.3.